The lowest BCUT2D eigenvalue weighted by atomic mass is 9.96. The fraction of sp³-hybridized carbons (Fsp3) is 0.294. The van der Waals surface area contributed by atoms with Crippen molar-refractivity contribution < 1.29 is 9.53 Å². The van der Waals surface area contributed by atoms with Crippen LogP contribution in [0, 0.1) is 11.3 Å². The lowest BCUT2D eigenvalue weighted by Crippen LogP contribution is -2.20. The highest BCUT2D eigenvalue weighted by Gasteiger charge is 2.21. The van der Waals surface area contributed by atoms with Crippen LogP contribution >= 0.6 is 27.3 Å². The summed E-state index contributed by atoms with van der Waals surface area (Å²) in [6.45, 7) is -0.0743. The molecule has 1 heterocycles. The topological polar surface area (TPSA) is 62.1 Å². The largest absolute Gasteiger partial charge is 0.484 e. The maximum absolute atomic E-state index is 12.1. The second-order valence-corrected chi connectivity index (χ2v) is 7.34. The summed E-state index contributed by atoms with van der Waals surface area (Å²) >= 11 is 4.87. The van der Waals surface area contributed by atoms with E-state index in [-0.39, 0.29) is 12.5 Å². The number of rotatable bonds is 4. The molecule has 1 aromatic carbocycles. The van der Waals surface area contributed by atoms with Gasteiger partial charge in [-0.3, -0.25) is 4.79 Å². The van der Waals surface area contributed by atoms with Crippen molar-refractivity contribution in [1.82, 2.24) is 0 Å². The van der Waals surface area contributed by atoms with E-state index in [0.29, 0.717) is 16.3 Å². The minimum Gasteiger partial charge on any atom is -0.484 e. The van der Waals surface area contributed by atoms with E-state index in [2.05, 4.69) is 27.3 Å². The lowest BCUT2D eigenvalue weighted by molar-refractivity contribution is -0.118. The number of amides is 1. The molecule has 3 rings (SSSR count). The number of fused-ring (bicyclic) bond motifs is 1. The fourth-order valence-electron chi connectivity index (χ4n) is 2.61. The van der Waals surface area contributed by atoms with E-state index in [9.17, 15) is 10.1 Å². The first-order valence-corrected chi connectivity index (χ1v) is 9.01. The molecule has 0 unspecified atom stereocenters. The number of nitrogens with one attached hydrogen (secondary N) is 1. The van der Waals surface area contributed by atoms with Gasteiger partial charge in [0, 0.05) is 9.35 Å². The Morgan fingerprint density at radius 2 is 2.04 bits per heavy atom. The highest BCUT2D eigenvalue weighted by atomic mass is 79.9. The predicted molar refractivity (Wildman–Crippen MR) is 93.9 cm³/mol. The summed E-state index contributed by atoms with van der Waals surface area (Å²) in [7, 11) is 0. The van der Waals surface area contributed by atoms with Crippen molar-refractivity contribution in [3.8, 4) is 11.8 Å². The van der Waals surface area contributed by atoms with Crippen LogP contribution in [0.3, 0.4) is 0 Å². The van der Waals surface area contributed by atoms with Gasteiger partial charge in [0.2, 0.25) is 0 Å². The van der Waals surface area contributed by atoms with Gasteiger partial charge in [0.15, 0.2) is 6.61 Å². The molecular weight excluding hydrogens is 376 g/mol. The standard InChI is InChI=1S/C17H15BrN2O2S/c18-11-5-7-12(8-6-11)22-10-16(21)20-17-14(9-19)13-3-1-2-4-15(13)23-17/h5-8H,1-4,10H2,(H,20,21). The molecule has 0 atom stereocenters. The van der Waals surface area contributed by atoms with Crippen LogP contribution in [0.2, 0.25) is 0 Å². The summed E-state index contributed by atoms with van der Waals surface area (Å²) < 4.78 is 6.42. The minimum absolute atomic E-state index is 0.0743. The van der Waals surface area contributed by atoms with Gasteiger partial charge >= 0.3 is 0 Å². The number of benzene rings is 1. The molecule has 0 saturated heterocycles. The molecule has 0 aliphatic heterocycles. The highest BCUT2D eigenvalue weighted by molar-refractivity contribution is 9.10. The number of anilines is 1. The first-order valence-electron chi connectivity index (χ1n) is 7.40. The zero-order chi connectivity index (χ0) is 16.2. The number of hydrogen-bond acceptors (Lipinski definition) is 4. The summed E-state index contributed by atoms with van der Waals surface area (Å²) in [6, 6.07) is 9.54. The van der Waals surface area contributed by atoms with Crippen LogP contribution in [0.1, 0.15) is 28.8 Å². The molecular formula is C17H15BrN2O2S. The van der Waals surface area contributed by atoms with E-state index < -0.39 is 0 Å². The van der Waals surface area contributed by atoms with Gasteiger partial charge in [-0.25, -0.2) is 0 Å². The first-order chi connectivity index (χ1) is 11.2. The van der Waals surface area contributed by atoms with E-state index in [1.54, 1.807) is 12.1 Å². The number of carbonyl (C=O) groups is 1. The van der Waals surface area contributed by atoms with Crippen LogP contribution in [0.4, 0.5) is 5.00 Å². The number of thiophene rings is 1. The van der Waals surface area contributed by atoms with Gasteiger partial charge in [0.1, 0.15) is 16.8 Å². The van der Waals surface area contributed by atoms with E-state index in [0.717, 1.165) is 35.7 Å². The number of aryl methyl sites for hydroxylation is 1. The van der Waals surface area contributed by atoms with Crippen molar-refractivity contribution in [2.24, 2.45) is 0 Å². The molecule has 1 aliphatic carbocycles. The molecule has 1 N–H and O–H groups in total. The van der Waals surface area contributed by atoms with Crippen molar-refractivity contribution in [2.75, 3.05) is 11.9 Å². The van der Waals surface area contributed by atoms with Gasteiger partial charge < -0.3 is 10.1 Å². The summed E-state index contributed by atoms with van der Waals surface area (Å²) in [4.78, 5) is 13.3. The summed E-state index contributed by atoms with van der Waals surface area (Å²) in [5.74, 6) is 0.386. The third kappa shape index (κ3) is 3.74. The highest BCUT2D eigenvalue weighted by Crippen LogP contribution is 2.37. The molecule has 2 aromatic rings. The predicted octanol–water partition coefficient (Wildman–Crippen LogP) is 4.28. The molecule has 6 heteroatoms. The number of nitriles is 1. The Bertz CT molecular complexity index is 762. The van der Waals surface area contributed by atoms with Crippen molar-refractivity contribution in [2.45, 2.75) is 25.7 Å². The Morgan fingerprint density at radius 3 is 2.78 bits per heavy atom. The number of ether oxygens (including phenoxy) is 1. The van der Waals surface area contributed by atoms with Gasteiger partial charge in [0.05, 0.1) is 5.56 Å². The van der Waals surface area contributed by atoms with Gasteiger partial charge in [-0.15, -0.1) is 11.3 Å². The maximum atomic E-state index is 12.1. The Morgan fingerprint density at radius 1 is 1.30 bits per heavy atom. The SMILES string of the molecule is N#Cc1c(NC(=O)COc2ccc(Br)cc2)sc2c1CCCC2. The summed E-state index contributed by atoms with van der Waals surface area (Å²) in [6.07, 6.45) is 4.19. The van der Waals surface area contributed by atoms with Gasteiger partial charge in [0.25, 0.3) is 5.91 Å². The average molecular weight is 391 g/mol. The van der Waals surface area contributed by atoms with Crippen molar-refractivity contribution >= 4 is 38.2 Å². The molecule has 0 saturated carbocycles. The molecule has 0 radical (unpaired) electrons. The van der Waals surface area contributed by atoms with E-state index >= 15 is 0 Å². The molecule has 118 valence electrons. The zero-order valence-electron chi connectivity index (χ0n) is 12.4. The van der Waals surface area contributed by atoms with E-state index in [4.69, 9.17) is 4.74 Å². The minimum atomic E-state index is -0.247. The Balaban J connectivity index is 1.65. The summed E-state index contributed by atoms with van der Waals surface area (Å²) in [5.41, 5.74) is 1.74. The molecule has 1 amide bonds. The molecule has 0 fully saturated rings. The maximum Gasteiger partial charge on any atom is 0.262 e. The third-order valence-corrected chi connectivity index (χ3v) is 5.46. The van der Waals surface area contributed by atoms with Gasteiger partial charge in [-0.1, -0.05) is 15.9 Å². The molecule has 0 bridgehead atoms. The monoisotopic (exact) mass is 390 g/mol. The van der Waals surface area contributed by atoms with Crippen LogP contribution in [-0.4, -0.2) is 12.5 Å². The van der Waals surface area contributed by atoms with Crippen LogP contribution in [-0.2, 0) is 17.6 Å². The molecule has 23 heavy (non-hydrogen) atoms. The van der Waals surface area contributed by atoms with Crippen molar-refractivity contribution in [3.05, 3.63) is 44.7 Å². The van der Waals surface area contributed by atoms with Crippen LogP contribution in [0.5, 0.6) is 5.75 Å². The van der Waals surface area contributed by atoms with E-state index in [1.165, 1.54) is 16.2 Å². The van der Waals surface area contributed by atoms with Gasteiger partial charge in [-0.05, 0) is 55.5 Å². The van der Waals surface area contributed by atoms with Crippen molar-refractivity contribution in [1.29, 1.82) is 5.26 Å². The molecule has 1 aromatic heterocycles. The molecule has 4 nitrogen and oxygen atoms in total. The van der Waals surface area contributed by atoms with Crippen LogP contribution in [0.25, 0.3) is 0 Å². The number of nitrogens with zero attached hydrogens (tertiary/aromatic N) is 1. The smallest absolute Gasteiger partial charge is 0.262 e. The first kappa shape index (κ1) is 16.0. The molecule has 1 aliphatic rings. The van der Waals surface area contributed by atoms with Crippen molar-refractivity contribution in [3.63, 3.8) is 0 Å². The zero-order valence-corrected chi connectivity index (χ0v) is 14.8. The van der Waals surface area contributed by atoms with Gasteiger partial charge in [-0.2, -0.15) is 5.26 Å². The third-order valence-electron chi connectivity index (χ3n) is 3.72. The number of hydrogen-bond donors (Lipinski definition) is 1. The number of carbonyl (C=O) groups excluding carboxylic acids is 1. The second-order valence-electron chi connectivity index (χ2n) is 5.32. The fourth-order valence-corrected chi connectivity index (χ4v) is 4.13. The Labute approximate surface area is 147 Å². The van der Waals surface area contributed by atoms with Crippen LogP contribution < -0.4 is 10.1 Å². The summed E-state index contributed by atoms with van der Waals surface area (Å²) in [5, 5.41) is 12.9. The lowest BCUT2D eigenvalue weighted by Gasteiger charge is -2.09. The Hall–Kier alpha value is -1.84. The normalized spacial score (nSPS) is 13.0. The van der Waals surface area contributed by atoms with Crippen LogP contribution in [0.15, 0.2) is 28.7 Å². The van der Waals surface area contributed by atoms with E-state index in [1.807, 2.05) is 12.1 Å². The molecule has 0 spiro atoms. The number of halogens is 1. The Kier molecular flexibility index (Phi) is 4.99. The quantitative estimate of drug-likeness (QED) is 0.846. The average Bonchev–Trinajstić information content (AvgIpc) is 2.91. The second kappa shape index (κ2) is 7.16.